The molecule has 172 valence electrons. The van der Waals surface area contributed by atoms with E-state index < -0.39 is 0 Å². The van der Waals surface area contributed by atoms with Gasteiger partial charge in [-0.05, 0) is 90.1 Å². The molecule has 1 aliphatic rings. The van der Waals surface area contributed by atoms with Crippen molar-refractivity contribution in [1.82, 2.24) is 20.6 Å². The Bertz CT molecular complexity index is 1380. The zero-order chi connectivity index (χ0) is 23.7. The fraction of sp³-hybridized carbons (Fsp3) is 0.208. The third-order valence-corrected chi connectivity index (χ3v) is 7.12. The first kappa shape index (κ1) is 22.2. The monoisotopic (exact) mass is 489 g/mol. The van der Waals surface area contributed by atoms with Crippen LogP contribution >= 0.6 is 23.6 Å². The molecule has 0 spiro atoms. The van der Waals surface area contributed by atoms with Crippen LogP contribution in [0.4, 0.5) is 5.69 Å². The molecule has 0 saturated heterocycles. The molecular formula is C24H23N7OS2. The van der Waals surface area contributed by atoms with Crippen LogP contribution in [0.2, 0.25) is 0 Å². The van der Waals surface area contributed by atoms with Gasteiger partial charge in [0.25, 0.3) is 0 Å². The van der Waals surface area contributed by atoms with Gasteiger partial charge in [-0.2, -0.15) is 5.10 Å². The number of aryl methyl sites for hydroxylation is 2. The largest absolute Gasteiger partial charge is 0.506 e. The van der Waals surface area contributed by atoms with E-state index in [1.807, 2.05) is 36.6 Å². The Hall–Kier alpha value is -3.63. The second kappa shape index (κ2) is 9.32. The van der Waals surface area contributed by atoms with Crippen LogP contribution in [0.1, 0.15) is 36.5 Å². The molecule has 2 aromatic heterocycles. The number of H-pyrrole nitrogens is 1. The van der Waals surface area contributed by atoms with Crippen molar-refractivity contribution in [3.8, 4) is 27.6 Å². The minimum atomic E-state index is 0.0804. The molecule has 2 aromatic carbocycles. The predicted molar refractivity (Wildman–Crippen MR) is 139 cm³/mol. The lowest BCUT2D eigenvalue weighted by Crippen LogP contribution is -2.31. The number of rotatable bonds is 5. The lowest BCUT2D eigenvalue weighted by atomic mass is 9.90. The number of thiocarbonyl (C=S) groups is 1. The van der Waals surface area contributed by atoms with E-state index in [1.165, 1.54) is 40.3 Å². The van der Waals surface area contributed by atoms with Crippen molar-refractivity contribution in [2.24, 2.45) is 10.8 Å². The second-order valence-corrected chi connectivity index (χ2v) is 9.45. The molecule has 8 nitrogen and oxygen atoms in total. The van der Waals surface area contributed by atoms with Crippen molar-refractivity contribution in [3.63, 3.8) is 0 Å². The number of nitrogens with two attached hydrogens (primary N) is 1. The SMILES string of the molecule is C/C(=N\N(C(N)=S)c1cccc(-c2nnn[nH]2)c1)c1csc(-c2ccc3c(c2)CCCC3)c1O. The summed E-state index contributed by atoms with van der Waals surface area (Å²) >= 11 is 6.77. The zero-order valence-electron chi connectivity index (χ0n) is 18.5. The van der Waals surface area contributed by atoms with Gasteiger partial charge in [0.2, 0.25) is 0 Å². The first-order chi connectivity index (χ1) is 16.5. The van der Waals surface area contributed by atoms with Crippen molar-refractivity contribution in [2.75, 3.05) is 5.01 Å². The van der Waals surface area contributed by atoms with Crippen LogP contribution in [0, 0.1) is 0 Å². The van der Waals surface area contributed by atoms with E-state index in [-0.39, 0.29) is 10.9 Å². The Balaban J connectivity index is 1.47. The van der Waals surface area contributed by atoms with Crippen LogP contribution in [-0.4, -0.2) is 36.6 Å². The number of aromatic nitrogens is 4. The van der Waals surface area contributed by atoms with Crippen LogP contribution in [-0.2, 0) is 12.8 Å². The van der Waals surface area contributed by atoms with Crippen LogP contribution in [0.5, 0.6) is 5.75 Å². The molecule has 0 atom stereocenters. The molecule has 10 heteroatoms. The summed E-state index contributed by atoms with van der Waals surface area (Å²) < 4.78 is 0. The van der Waals surface area contributed by atoms with Crippen LogP contribution < -0.4 is 10.7 Å². The van der Waals surface area contributed by atoms with Crippen molar-refractivity contribution in [1.29, 1.82) is 0 Å². The molecule has 0 aliphatic heterocycles. The summed E-state index contributed by atoms with van der Waals surface area (Å²) in [7, 11) is 0. The van der Waals surface area contributed by atoms with Gasteiger partial charge >= 0.3 is 0 Å². The highest BCUT2D eigenvalue weighted by molar-refractivity contribution is 7.80. The van der Waals surface area contributed by atoms with E-state index in [0.29, 0.717) is 22.8 Å². The summed E-state index contributed by atoms with van der Waals surface area (Å²) in [5, 5.41) is 33.1. The number of hydrazone groups is 1. The normalized spacial score (nSPS) is 13.5. The highest BCUT2D eigenvalue weighted by Gasteiger charge is 2.19. The number of aromatic amines is 1. The standard InChI is InChI=1S/C24H23N7OS2/c1-14(28-31(24(25)33)19-8-4-7-18(12-19)23-26-29-30-27-23)20-13-34-22(21(20)32)17-10-9-15-5-2-3-6-16(15)11-17/h4,7-13,32H,2-3,5-6H2,1H3,(H2,25,33)(H,26,27,29,30)/b28-14+. The summed E-state index contributed by atoms with van der Waals surface area (Å²) in [5.74, 6) is 0.738. The summed E-state index contributed by atoms with van der Waals surface area (Å²) in [6, 6.07) is 13.9. The topological polar surface area (TPSA) is 116 Å². The first-order valence-electron chi connectivity index (χ1n) is 10.9. The molecule has 5 rings (SSSR count). The molecule has 4 aromatic rings. The Kier molecular flexibility index (Phi) is 6.08. The number of aromatic hydroxyl groups is 1. The van der Waals surface area contributed by atoms with Gasteiger partial charge in [0.05, 0.1) is 21.8 Å². The molecule has 0 bridgehead atoms. The Morgan fingerprint density at radius 1 is 1.15 bits per heavy atom. The minimum absolute atomic E-state index is 0.0804. The summed E-state index contributed by atoms with van der Waals surface area (Å²) in [4.78, 5) is 0.833. The number of tetrazole rings is 1. The van der Waals surface area contributed by atoms with Gasteiger partial charge in [0.15, 0.2) is 10.9 Å². The maximum Gasteiger partial charge on any atom is 0.191 e. The van der Waals surface area contributed by atoms with Crippen molar-refractivity contribution in [2.45, 2.75) is 32.6 Å². The van der Waals surface area contributed by atoms with Crippen LogP contribution in [0.3, 0.4) is 0 Å². The maximum atomic E-state index is 11.1. The molecule has 0 unspecified atom stereocenters. The summed E-state index contributed by atoms with van der Waals surface area (Å²) in [5.41, 5.74) is 12.5. The molecule has 0 radical (unpaired) electrons. The first-order valence-corrected chi connectivity index (χ1v) is 12.2. The fourth-order valence-corrected chi connectivity index (χ4v) is 5.34. The number of anilines is 1. The minimum Gasteiger partial charge on any atom is -0.506 e. The molecule has 4 N–H and O–H groups in total. The number of hydrogen-bond acceptors (Lipinski definition) is 7. The third kappa shape index (κ3) is 4.29. The average molecular weight is 490 g/mol. The van der Waals surface area contributed by atoms with E-state index >= 15 is 0 Å². The zero-order valence-corrected chi connectivity index (χ0v) is 20.2. The summed E-state index contributed by atoms with van der Waals surface area (Å²) in [6.45, 7) is 1.83. The molecule has 2 heterocycles. The Morgan fingerprint density at radius 2 is 1.97 bits per heavy atom. The summed E-state index contributed by atoms with van der Waals surface area (Å²) in [6.07, 6.45) is 4.68. The van der Waals surface area contributed by atoms with E-state index in [2.05, 4.69) is 43.9 Å². The molecule has 1 aliphatic carbocycles. The van der Waals surface area contributed by atoms with Crippen LogP contribution in [0.15, 0.2) is 52.9 Å². The predicted octanol–water partition coefficient (Wildman–Crippen LogP) is 4.65. The maximum absolute atomic E-state index is 11.1. The fourth-order valence-electron chi connectivity index (χ4n) is 4.19. The smallest absolute Gasteiger partial charge is 0.191 e. The van der Waals surface area contributed by atoms with Gasteiger partial charge in [-0.1, -0.05) is 24.3 Å². The third-order valence-electron chi connectivity index (χ3n) is 5.93. The number of thiophene rings is 1. The van der Waals surface area contributed by atoms with Crippen molar-refractivity contribution < 1.29 is 5.11 Å². The molecule has 0 amide bonds. The van der Waals surface area contributed by atoms with Crippen LogP contribution in [0.25, 0.3) is 21.8 Å². The Morgan fingerprint density at radius 3 is 2.74 bits per heavy atom. The van der Waals surface area contributed by atoms with Gasteiger partial charge in [-0.15, -0.1) is 16.4 Å². The second-order valence-electron chi connectivity index (χ2n) is 8.15. The number of benzene rings is 2. The van der Waals surface area contributed by atoms with E-state index in [1.54, 1.807) is 0 Å². The number of nitrogens with one attached hydrogen (secondary N) is 1. The number of fused-ring (bicyclic) bond motifs is 1. The van der Waals surface area contributed by atoms with E-state index in [9.17, 15) is 5.11 Å². The van der Waals surface area contributed by atoms with Gasteiger partial charge in [-0.3, -0.25) is 0 Å². The molecule has 34 heavy (non-hydrogen) atoms. The molecule has 0 saturated carbocycles. The van der Waals surface area contributed by atoms with E-state index in [0.717, 1.165) is 28.8 Å². The highest BCUT2D eigenvalue weighted by atomic mass is 32.1. The average Bonchev–Trinajstić information content (AvgIpc) is 3.52. The van der Waals surface area contributed by atoms with Gasteiger partial charge < -0.3 is 10.8 Å². The Labute approximate surface area is 206 Å². The molecule has 0 fully saturated rings. The molecular weight excluding hydrogens is 466 g/mol. The quantitative estimate of drug-likeness (QED) is 0.212. The van der Waals surface area contributed by atoms with Gasteiger partial charge in [0, 0.05) is 10.9 Å². The lowest BCUT2D eigenvalue weighted by Gasteiger charge is -2.18. The highest BCUT2D eigenvalue weighted by Crippen LogP contribution is 2.40. The number of hydrogen-bond donors (Lipinski definition) is 3. The van der Waals surface area contributed by atoms with E-state index in [4.69, 9.17) is 18.0 Å². The van der Waals surface area contributed by atoms with Gasteiger partial charge in [0.1, 0.15) is 5.75 Å². The number of nitrogens with zero attached hydrogens (tertiary/aromatic N) is 5. The lowest BCUT2D eigenvalue weighted by molar-refractivity contribution is 0.478. The van der Waals surface area contributed by atoms with Crippen molar-refractivity contribution >= 4 is 40.1 Å². The van der Waals surface area contributed by atoms with Crippen molar-refractivity contribution in [3.05, 3.63) is 64.5 Å². The van der Waals surface area contributed by atoms with Gasteiger partial charge in [-0.25, -0.2) is 10.1 Å².